The number of amides is 1. The van der Waals surface area contributed by atoms with E-state index in [1.165, 1.54) is 17.0 Å². The summed E-state index contributed by atoms with van der Waals surface area (Å²) >= 11 is 0. The fourth-order valence-corrected chi connectivity index (χ4v) is 5.76. The van der Waals surface area contributed by atoms with Crippen LogP contribution in [0.25, 0.3) is 0 Å². The van der Waals surface area contributed by atoms with Gasteiger partial charge in [-0.3, -0.25) is 19.3 Å². The molecule has 0 spiro atoms. The molecule has 0 aliphatic heterocycles. The monoisotopic (exact) mass is 485 g/mol. The Balaban J connectivity index is 1.98. The fraction of sp³-hybridized carbons (Fsp3) is 0.417. The normalized spacial score (nSPS) is 28.0. The number of allylic oxidation sites excluding steroid dienone is 1. The predicted octanol–water partition coefficient (Wildman–Crippen LogP) is 0.179. The molecule has 186 valence electrons. The number of nitrogens with zero attached hydrogens (tertiary/aromatic N) is 2. The van der Waals surface area contributed by atoms with Gasteiger partial charge in [0.1, 0.15) is 17.1 Å². The molecular weight excluding hydrogens is 458 g/mol. The first-order valence-electron chi connectivity index (χ1n) is 11.0. The van der Waals surface area contributed by atoms with E-state index < -0.39 is 64.0 Å². The van der Waals surface area contributed by atoms with Gasteiger partial charge in [-0.1, -0.05) is 0 Å². The number of carboxylic acid groups (broad SMARTS) is 1. The average molecular weight is 485 g/mol. The predicted molar refractivity (Wildman–Crippen MR) is 123 cm³/mol. The quantitative estimate of drug-likeness (QED) is 0.369. The van der Waals surface area contributed by atoms with Crippen LogP contribution >= 0.6 is 0 Å². The van der Waals surface area contributed by atoms with Gasteiger partial charge in [-0.25, -0.2) is 4.79 Å². The molecule has 0 saturated heterocycles. The zero-order valence-corrected chi connectivity index (χ0v) is 19.7. The van der Waals surface area contributed by atoms with Gasteiger partial charge >= 0.3 is 5.97 Å². The summed E-state index contributed by atoms with van der Waals surface area (Å²) in [5, 5.41) is 43.1. The third-order valence-corrected chi connectivity index (χ3v) is 7.29. The highest BCUT2D eigenvalue weighted by atomic mass is 16.4. The van der Waals surface area contributed by atoms with Crippen molar-refractivity contribution in [3.63, 3.8) is 0 Å². The zero-order valence-electron chi connectivity index (χ0n) is 19.7. The largest absolute Gasteiger partial charge is 0.510 e. The second-order valence-electron chi connectivity index (χ2n) is 9.68. The number of benzene rings is 1. The summed E-state index contributed by atoms with van der Waals surface area (Å²) in [6, 6.07) is 1.64. The Hall–Kier alpha value is -3.70. The lowest BCUT2D eigenvalue weighted by molar-refractivity contribution is -0.148. The van der Waals surface area contributed by atoms with Gasteiger partial charge < -0.3 is 31.1 Å². The Morgan fingerprint density at radius 1 is 1.11 bits per heavy atom. The second-order valence-corrected chi connectivity index (χ2v) is 9.68. The van der Waals surface area contributed by atoms with Crippen LogP contribution in [0.5, 0.6) is 0 Å². The minimum absolute atomic E-state index is 0.0271. The number of carbonyl (C=O) groups is 4. The molecular formula is C24H27N3O8. The van der Waals surface area contributed by atoms with Gasteiger partial charge in [-0.15, -0.1) is 0 Å². The number of hydrogen-bond acceptors (Lipinski definition) is 9. The van der Waals surface area contributed by atoms with Gasteiger partial charge in [0.05, 0.1) is 11.6 Å². The number of primary amides is 1. The average Bonchev–Trinajstić information content (AvgIpc) is 2.75. The molecule has 3 aliphatic rings. The molecule has 0 radical (unpaired) electrons. The Morgan fingerprint density at radius 2 is 1.74 bits per heavy atom. The number of ketones is 2. The van der Waals surface area contributed by atoms with Crippen molar-refractivity contribution < 1.29 is 39.6 Å². The van der Waals surface area contributed by atoms with E-state index in [4.69, 9.17) is 5.73 Å². The number of aromatic carboxylic acids is 1. The Labute approximate surface area is 200 Å². The maximum atomic E-state index is 13.6. The molecule has 1 aromatic rings. The first kappa shape index (κ1) is 24.4. The van der Waals surface area contributed by atoms with Crippen LogP contribution in [-0.2, 0) is 16.0 Å². The second kappa shape index (κ2) is 7.92. The van der Waals surface area contributed by atoms with Crippen LogP contribution in [0.1, 0.15) is 32.7 Å². The minimum atomic E-state index is -2.67. The molecule has 11 heteroatoms. The number of rotatable bonds is 4. The third-order valence-electron chi connectivity index (χ3n) is 7.29. The van der Waals surface area contributed by atoms with Crippen molar-refractivity contribution in [1.82, 2.24) is 4.90 Å². The van der Waals surface area contributed by atoms with Gasteiger partial charge in [0, 0.05) is 36.8 Å². The number of Topliss-reactive ketones (excluding diaryl/α,β-unsaturated/α-hetero) is 2. The van der Waals surface area contributed by atoms with Crippen LogP contribution in [-0.4, -0.2) is 88.6 Å². The highest BCUT2D eigenvalue weighted by Crippen LogP contribution is 2.52. The summed E-state index contributed by atoms with van der Waals surface area (Å²) < 4.78 is 0. The van der Waals surface area contributed by atoms with Crippen molar-refractivity contribution in [2.75, 3.05) is 33.1 Å². The summed E-state index contributed by atoms with van der Waals surface area (Å²) in [7, 11) is 6.57. The summed E-state index contributed by atoms with van der Waals surface area (Å²) in [4.78, 5) is 53.7. The van der Waals surface area contributed by atoms with Crippen LogP contribution in [0.2, 0.25) is 0 Å². The number of anilines is 1. The Morgan fingerprint density at radius 3 is 2.26 bits per heavy atom. The van der Waals surface area contributed by atoms with Crippen LogP contribution < -0.4 is 10.6 Å². The first-order valence-corrected chi connectivity index (χ1v) is 11.0. The van der Waals surface area contributed by atoms with Gasteiger partial charge in [0.15, 0.2) is 11.4 Å². The molecule has 3 aliphatic carbocycles. The smallest absolute Gasteiger partial charge is 0.335 e. The summed E-state index contributed by atoms with van der Waals surface area (Å²) in [6.07, 6.45) is 0.251. The molecule has 4 atom stereocenters. The number of nitrogens with two attached hydrogens (primary N) is 1. The SMILES string of the molecule is CN(C)c1cc(C(=O)O)cc2c1CC1CC3[C@H](N(C)C)C(O)=C(C(N)=O)C(=O)[C@@]3(O)C(O)=C1C2=O. The van der Waals surface area contributed by atoms with Crippen molar-refractivity contribution in [2.45, 2.75) is 24.5 Å². The number of aliphatic hydroxyl groups excluding tert-OH is 2. The first-order chi connectivity index (χ1) is 16.2. The van der Waals surface area contributed by atoms with E-state index in [2.05, 4.69) is 0 Å². The number of likely N-dealkylation sites (N-methyl/N-ethyl adjacent to an activating group) is 1. The summed E-state index contributed by atoms with van der Waals surface area (Å²) in [6.45, 7) is 0. The molecule has 1 aromatic carbocycles. The highest BCUT2D eigenvalue weighted by molar-refractivity contribution is 6.24. The van der Waals surface area contributed by atoms with Crippen molar-refractivity contribution in [1.29, 1.82) is 0 Å². The van der Waals surface area contributed by atoms with Crippen LogP contribution in [0.15, 0.2) is 34.8 Å². The molecule has 4 rings (SSSR count). The van der Waals surface area contributed by atoms with Crippen molar-refractivity contribution >= 4 is 29.1 Å². The number of aliphatic hydroxyl groups is 3. The van der Waals surface area contributed by atoms with E-state index in [-0.39, 0.29) is 29.5 Å². The molecule has 0 heterocycles. The molecule has 35 heavy (non-hydrogen) atoms. The molecule has 0 bridgehead atoms. The summed E-state index contributed by atoms with van der Waals surface area (Å²) in [5.41, 5.74) is 2.63. The molecule has 1 amide bonds. The Bertz CT molecular complexity index is 1260. The van der Waals surface area contributed by atoms with Crippen LogP contribution in [0.3, 0.4) is 0 Å². The van der Waals surface area contributed by atoms with E-state index >= 15 is 0 Å². The van der Waals surface area contributed by atoms with E-state index in [9.17, 15) is 39.6 Å². The van der Waals surface area contributed by atoms with Gasteiger partial charge in [0.2, 0.25) is 5.78 Å². The van der Waals surface area contributed by atoms with E-state index in [0.717, 1.165) is 0 Å². The molecule has 0 saturated carbocycles. The number of hydrogen-bond donors (Lipinski definition) is 5. The van der Waals surface area contributed by atoms with E-state index in [1.54, 1.807) is 33.1 Å². The fourth-order valence-electron chi connectivity index (χ4n) is 5.76. The number of carbonyl (C=O) groups excluding carboxylic acids is 3. The van der Waals surface area contributed by atoms with Crippen molar-refractivity contribution in [3.8, 4) is 0 Å². The topological polar surface area (TPSA) is 182 Å². The van der Waals surface area contributed by atoms with Crippen LogP contribution in [0.4, 0.5) is 5.69 Å². The zero-order chi connectivity index (χ0) is 26.1. The third kappa shape index (κ3) is 3.26. The maximum absolute atomic E-state index is 13.6. The van der Waals surface area contributed by atoms with Gasteiger partial charge in [-0.2, -0.15) is 0 Å². The molecule has 0 aromatic heterocycles. The lowest BCUT2D eigenvalue weighted by Crippen LogP contribution is -2.63. The van der Waals surface area contributed by atoms with Crippen LogP contribution in [0, 0.1) is 11.8 Å². The Kier molecular flexibility index (Phi) is 5.53. The summed E-state index contributed by atoms with van der Waals surface area (Å²) in [5.74, 6) is -7.71. The van der Waals surface area contributed by atoms with Crippen molar-refractivity contribution in [3.05, 3.63) is 51.5 Å². The molecule has 6 N–H and O–H groups in total. The molecule has 11 nitrogen and oxygen atoms in total. The highest BCUT2D eigenvalue weighted by Gasteiger charge is 2.63. The minimum Gasteiger partial charge on any atom is -0.510 e. The van der Waals surface area contributed by atoms with Gasteiger partial charge in [-0.05, 0) is 50.6 Å². The lowest BCUT2D eigenvalue weighted by atomic mass is 9.58. The molecule has 0 fully saturated rings. The van der Waals surface area contributed by atoms with E-state index in [0.29, 0.717) is 11.3 Å². The standard InChI is InChI=1S/C24H27N3O8/c1-26(2)14-8-10(23(33)34)6-12-11(14)5-9-7-13-17(27(3)4)19(29)16(22(25)32)21(31)24(13,35)20(30)15(9)18(12)28/h6,8-9,13,17,29-30,35H,5,7H2,1-4H3,(H2,25,32)(H,33,34)/t9?,13?,17-,24-/m0/s1. The van der Waals surface area contributed by atoms with E-state index in [1.807, 2.05) is 0 Å². The van der Waals surface area contributed by atoms with Gasteiger partial charge in [0.25, 0.3) is 5.91 Å². The molecule has 2 unspecified atom stereocenters. The maximum Gasteiger partial charge on any atom is 0.335 e. The number of fused-ring (bicyclic) bond motifs is 3. The number of carboxylic acids is 1. The lowest BCUT2D eigenvalue weighted by Gasteiger charge is -2.50. The van der Waals surface area contributed by atoms with Crippen molar-refractivity contribution in [2.24, 2.45) is 17.6 Å².